The molecule has 1 amide bonds. The van der Waals surface area contributed by atoms with Gasteiger partial charge in [-0.1, -0.05) is 18.2 Å². The fraction of sp³-hybridized carbons (Fsp3) is 0.429. The molecule has 28 heavy (non-hydrogen) atoms. The molecule has 3 rings (SSSR count). The van der Waals surface area contributed by atoms with Gasteiger partial charge in [-0.3, -0.25) is 9.78 Å². The summed E-state index contributed by atoms with van der Waals surface area (Å²) in [6.45, 7) is 1.72. The van der Waals surface area contributed by atoms with Crippen molar-refractivity contribution < 1.29 is 19.4 Å². The second kappa shape index (κ2) is 9.03. The van der Waals surface area contributed by atoms with Crippen LogP contribution in [0.2, 0.25) is 0 Å². The number of pyridine rings is 1. The zero-order valence-electron chi connectivity index (χ0n) is 16.4. The van der Waals surface area contributed by atoms with E-state index in [1.165, 1.54) is 0 Å². The van der Waals surface area contributed by atoms with Crippen molar-refractivity contribution in [2.75, 3.05) is 27.3 Å². The van der Waals surface area contributed by atoms with Crippen LogP contribution in [0.15, 0.2) is 42.7 Å². The largest absolute Gasteiger partial charge is 0.493 e. The van der Waals surface area contributed by atoms with Gasteiger partial charge in [0.05, 0.1) is 14.2 Å². The molecule has 2 heterocycles. The van der Waals surface area contributed by atoms with E-state index in [0.717, 1.165) is 17.5 Å². The topological polar surface area (TPSA) is 83.9 Å². The van der Waals surface area contributed by atoms with Crippen LogP contribution < -0.4 is 14.8 Å². The summed E-state index contributed by atoms with van der Waals surface area (Å²) in [6.07, 6.45) is 4.66. The molecule has 1 aliphatic heterocycles. The van der Waals surface area contributed by atoms with Gasteiger partial charge in [0, 0.05) is 44.1 Å². The number of para-hydroxylation sites is 1. The van der Waals surface area contributed by atoms with E-state index in [4.69, 9.17) is 9.47 Å². The summed E-state index contributed by atoms with van der Waals surface area (Å²) in [6, 6.07) is 9.41. The fourth-order valence-corrected chi connectivity index (χ4v) is 3.58. The third-order valence-electron chi connectivity index (χ3n) is 5.02. The van der Waals surface area contributed by atoms with E-state index in [9.17, 15) is 9.90 Å². The van der Waals surface area contributed by atoms with Crippen LogP contribution in [0.3, 0.4) is 0 Å². The molecule has 1 atom stereocenters. The smallest absolute Gasteiger partial charge is 0.256 e. The fourth-order valence-electron chi connectivity index (χ4n) is 3.58. The molecular weight excluding hydrogens is 358 g/mol. The van der Waals surface area contributed by atoms with Gasteiger partial charge in [0.2, 0.25) is 0 Å². The summed E-state index contributed by atoms with van der Waals surface area (Å²) in [5.74, 6) is 0.974. The van der Waals surface area contributed by atoms with E-state index < -0.39 is 5.60 Å². The first-order valence-corrected chi connectivity index (χ1v) is 9.38. The number of piperidine rings is 1. The highest BCUT2D eigenvalue weighted by Crippen LogP contribution is 2.33. The minimum absolute atomic E-state index is 0.201. The van der Waals surface area contributed by atoms with Gasteiger partial charge in [-0.25, -0.2) is 0 Å². The molecule has 7 heteroatoms. The molecule has 1 aliphatic rings. The Labute approximate surface area is 165 Å². The summed E-state index contributed by atoms with van der Waals surface area (Å²) < 4.78 is 10.8. The Kier molecular flexibility index (Phi) is 6.49. The van der Waals surface area contributed by atoms with E-state index >= 15 is 0 Å². The molecule has 0 radical (unpaired) electrons. The van der Waals surface area contributed by atoms with Crippen molar-refractivity contribution >= 4 is 5.91 Å². The zero-order chi connectivity index (χ0) is 20.0. The number of benzene rings is 1. The highest BCUT2D eigenvalue weighted by atomic mass is 16.5. The van der Waals surface area contributed by atoms with Crippen LogP contribution in [-0.4, -0.2) is 53.8 Å². The number of nitrogens with zero attached hydrogens (tertiary/aromatic N) is 2. The minimum Gasteiger partial charge on any atom is -0.493 e. The van der Waals surface area contributed by atoms with E-state index in [1.54, 1.807) is 31.5 Å². The number of methoxy groups -OCH3 is 2. The summed E-state index contributed by atoms with van der Waals surface area (Å²) in [7, 11) is 3.17. The number of rotatable bonds is 8. The van der Waals surface area contributed by atoms with Gasteiger partial charge in [0.25, 0.3) is 5.91 Å². The minimum atomic E-state index is -1.41. The Bertz CT molecular complexity index is 799. The maximum atomic E-state index is 13.0. The maximum Gasteiger partial charge on any atom is 0.256 e. The number of aromatic nitrogens is 1. The van der Waals surface area contributed by atoms with Crippen LogP contribution in [0.25, 0.3) is 0 Å². The summed E-state index contributed by atoms with van der Waals surface area (Å²) >= 11 is 0. The molecular formula is C21H27N3O4. The van der Waals surface area contributed by atoms with Gasteiger partial charge in [-0.15, -0.1) is 0 Å². The number of carbonyl (C=O) groups is 1. The van der Waals surface area contributed by atoms with Crippen LogP contribution in [0.5, 0.6) is 11.5 Å². The van der Waals surface area contributed by atoms with Crippen LogP contribution in [0.1, 0.15) is 24.0 Å². The predicted octanol–water partition coefficient (Wildman–Crippen LogP) is 1.74. The lowest BCUT2D eigenvalue weighted by Gasteiger charge is -2.38. The van der Waals surface area contributed by atoms with Crippen LogP contribution in [-0.2, 0) is 17.9 Å². The second-order valence-corrected chi connectivity index (χ2v) is 6.98. The molecule has 0 unspecified atom stereocenters. The molecule has 0 bridgehead atoms. The van der Waals surface area contributed by atoms with Gasteiger partial charge in [-0.05, 0) is 30.5 Å². The van der Waals surface area contributed by atoms with Gasteiger partial charge in [0.1, 0.15) is 0 Å². The number of hydrogen-bond donors (Lipinski definition) is 2. The molecule has 1 aromatic carbocycles. The van der Waals surface area contributed by atoms with Crippen molar-refractivity contribution in [3.8, 4) is 11.5 Å². The van der Waals surface area contributed by atoms with Gasteiger partial charge < -0.3 is 24.8 Å². The Balaban J connectivity index is 1.66. The number of amides is 1. The predicted molar refractivity (Wildman–Crippen MR) is 105 cm³/mol. The number of carbonyl (C=O) groups excluding carboxylic acids is 1. The van der Waals surface area contributed by atoms with Crippen molar-refractivity contribution in [1.29, 1.82) is 0 Å². The molecule has 150 valence electrons. The molecule has 2 aromatic rings. The summed E-state index contributed by atoms with van der Waals surface area (Å²) in [4.78, 5) is 18.8. The average Bonchev–Trinajstić information content (AvgIpc) is 2.72. The Morgan fingerprint density at radius 3 is 2.82 bits per heavy atom. The third-order valence-corrected chi connectivity index (χ3v) is 5.02. The molecule has 1 fully saturated rings. The molecule has 7 nitrogen and oxygen atoms in total. The first-order chi connectivity index (χ1) is 13.6. The van der Waals surface area contributed by atoms with Gasteiger partial charge in [-0.2, -0.15) is 0 Å². The lowest BCUT2D eigenvalue weighted by Crippen LogP contribution is -2.57. The Morgan fingerprint density at radius 2 is 2.11 bits per heavy atom. The lowest BCUT2D eigenvalue weighted by atomic mass is 9.91. The number of likely N-dealkylation sites (tertiary alicyclic amines) is 1. The molecule has 1 saturated heterocycles. The van der Waals surface area contributed by atoms with Gasteiger partial charge in [0.15, 0.2) is 17.1 Å². The van der Waals surface area contributed by atoms with Gasteiger partial charge >= 0.3 is 0 Å². The Morgan fingerprint density at radius 1 is 1.25 bits per heavy atom. The van der Waals surface area contributed by atoms with Crippen molar-refractivity contribution in [3.63, 3.8) is 0 Å². The van der Waals surface area contributed by atoms with Crippen LogP contribution in [0, 0.1) is 0 Å². The molecule has 0 spiro atoms. The second-order valence-electron chi connectivity index (χ2n) is 6.98. The normalized spacial score (nSPS) is 19.5. The van der Waals surface area contributed by atoms with Crippen molar-refractivity contribution in [2.45, 2.75) is 31.5 Å². The standard InChI is InChI=1S/C21H27N3O4/c1-27-18-8-3-7-17(19(18)28-2)14-24-11-5-9-21(26,20(24)25)15-23-13-16-6-4-10-22-12-16/h3-4,6-8,10,12,23,26H,5,9,11,13-15H2,1-2H3/t21-/m1/s1. The van der Waals surface area contributed by atoms with E-state index in [0.29, 0.717) is 37.6 Å². The van der Waals surface area contributed by atoms with E-state index in [1.807, 2.05) is 30.3 Å². The molecule has 0 aliphatic carbocycles. The maximum absolute atomic E-state index is 13.0. The quantitative estimate of drug-likeness (QED) is 0.720. The molecule has 2 N–H and O–H groups in total. The SMILES string of the molecule is COc1cccc(CN2CCC[C@@](O)(CNCc3cccnc3)C2=O)c1OC. The lowest BCUT2D eigenvalue weighted by molar-refractivity contribution is -0.157. The Hall–Kier alpha value is -2.64. The van der Waals surface area contributed by atoms with Crippen LogP contribution in [0.4, 0.5) is 0 Å². The number of aliphatic hydroxyl groups is 1. The van der Waals surface area contributed by atoms with Crippen LogP contribution >= 0.6 is 0 Å². The highest BCUT2D eigenvalue weighted by Gasteiger charge is 2.42. The van der Waals surface area contributed by atoms with Crippen molar-refractivity contribution in [3.05, 3.63) is 53.9 Å². The summed E-state index contributed by atoms with van der Waals surface area (Å²) in [5.41, 5.74) is 0.446. The van der Waals surface area contributed by atoms with E-state index in [-0.39, 0.29) is 12.5 Å². The highest BCUT2D eigenvalue weighted by molar-refractivity contribution is 5.86. The molecule has 0 saturated carbocycles. The monoisotopic (exact) mass is 385 g/mol. The first kappa shape index (κ1) is 20.1. The summed E-state index contributed by atoms with van der Waals surface area (Å²) in [5, 5.41) is 14.2. The van der Waals surface area contributed by atoms with Crippen molar-refractivity contribution in [2.24, 2.45) is 0 Å². The average molecular weight is 385 g/mol. The number of hydrogen-bond acceptors (Lipinski definition) is 6. The third kappa shape index (κ3) is 4.43. The van der Waals surface area contributed by atoms with E-state index in [2.05, 4.69) is 10.3 Å². The van der Waals surface area contributed by atoms with Crippen molar-refractivity contribution in [1.82, 2.24) is 15.2 Å². The first-order valence-electron chi connectivity index (χ1n) is 9.38. The zero-order valence-corrected chi connectivity index (χ0v) is 16.4. The number of nitrogens with one attached hydrogen (secondary N) is 1. The molecule has 1 aromatic heterocycles. The number of ether oxygens (including phenoxy) is 2.